The van der Waals surface area contributed by atoms with Gasteiger partial charge in [-0.05, 0) is 79.1 Å². The molecule has 0 spiro atoms. The van der Waals surface area contributed by atoms with Crippen LogP contribution in [0.5, 0.6) is 0 Å². The molecule has 0 aromatic carbocycles. The quantitative estimate of drug-likeness (QED) is 0.751. The number of carbonyl (C=O) groups is 1. The van der Waals surface area contributed by atoms with E-state index < -0.39 is 0 Å². The van der Waals surface area contributed by atoms with Crippen molar-refractivity contribution >= 4 is 5.91 Å². The average molecular weight is 283 g/mol. The summed E-state index contributed by atoms with van der Waals surface area (Å²) in [5, 5.41) is 6.53. The standard InChI is InChI=1S/C16H33N3O/c1-6-16(3,4)18-15(20)13(2)19(5)12-9-14-7-10-17-11-8-14/h13-14,17H,6-12H2,1-5H3,(H,18,20). The number of hydrogen-bond donors (Lipinski definition) is 2. The molecule has 1 atom stereocenters. The predicted molar refractivity (Wildman–Crippen MR) is 84.8 cm³/mol. The molecule has 1 aliphatic heterocycles. The Kier molecular flexibility index (Phi) is 6.96. The molecule has 1 saturated heterocycles. The van der Waals surface area contributed by atoms with Gasteiger partial charge in [-0.1, -0.05) is 6.92 Å². The Morgan fingerprint density at radius 1 is 1.40 bits per heavy atom. The van der Waals surface area contributed by atoms with Gasteiger partial charge in [0.2, 0.25) is 5.91 Å². The van der Waals surface area contributed by atoms with Gasteiger partial charge in [0.1, 0.15) is 0 Å². The first-order chi connectivity index (χ1) is 9.35. The first kappa shape index (κ1) is 17.4. The lowest BCUT2D eigenvalue weighted by Gasteiger charge is -2.31. The van der Waals surface area contributed by atoms with E-state index in [1.165, 1.54) is 19.3 Å². The van der Waals surface area contributed by atoms with E-state index in [0.717, 1.165) is 32.0 Å². The minimum Gasteiger partial charge on any atom is -0.350 e. The zero-order valence-corrected chi connectivity index (χ0v) is 14.0. The van der Waals surface area contributed by atoms with Crippen LogP contribution < -0.4 is 10.6 Å². The highest BCUT2D eigenvalue weighted by Gasteiger charge is 2.24. The highest BCUT2D eigenvalue weighted by molar-refractivity contribution is 5.81. The van der Waals surface area contributed by atoms with E-state index in [9.17, 15) is 4.79 Å². The minimum absolute atomic E-state index is 0.0532. The number of likely N-dealkylation sites (N-methyl/N-ethyl adjacent to an activating group) is 1. The van der Waals surface area contributed by atoms with Crippen LogP contribution in [0.4, 0.5) is 0 Å². The fraction of sp³-hybridized carbons (Fsp3) is 0.938. The second-order valence-electron chi connectivity index (χ2n) is 6.87. The van der Waals surface area contributed by atoms with Crippen molar-refractivity contribution in [2.24, 2.45) is 5.92 Å². The lowest BCUT2D eigenvalue weighted by molar-refractivity contribution is -0.127. The van der Waals surface area contributed by atoms with Crippen LogP contribution in [0.25, 0.3) is 0 Å². The molecule has 0 aliphatic carbocycles. The Morgan fingerprint density at radius 2 is 2.00 bits per heavy atom. The molecule has 0 aromatic heterocycles. The van der Waals surface area contributed by atoms with Crippen LogP contribution in [0.3, 0.4) is 0 Å². The van der Waals surface area contributed by atoms with Crippen LogP contribution >= 0.6 is 0 Å². The van der Waals surface area contributed by atoms with Crippen molar-refractivity contribution in [3.8, 4) is 0 Å². The first-order valence-electron chi connectivity index (χ1n) is 8.08. The highest BCUT2D eigenvalue weighted by Crippen LogP contribution is 2.17. The van der Waals surface area contributed by atoms with Crippen LogP contribution in [0.15, 0.2) is 0 Å². The van der Waals surface area contributed by atoms with Crippen molar-refractivity contribution in [2.75, 3.05) is 26.7 Å². The van der Waals surface area contributed by atoms with Crippen molar-refractivity contribution < 1.29 is 4.79 Å². The third-order valence-electron chi connectivity index (χ3n) is 4.73. The van der Waals surface area contributed by atoms with Gasteiger partial charge in [-0.3, -0.25) is 9.69 Å². The molecule has 1 heterocycles. The second kappa shape index (κ2) is 7.99. The maximum Gasteiger partial charge on any atom is 0.237 e. The summed E-state index contributed by atoms with van der Waals surface area (Å²) < 4.78 is 0. The Bertz CT molecular complexity index is 298. The van der Waals surface area contributed by atoms with Crippen LogP contribution in [-0.4, -0.2) is 49.1 Å². The Morgan fingerprint density at radius 3 is 2.55 bits per heavy atom. The van der Waals surface area contributed by atoms with Gasteiger partial charge in [-0.15, -0.1) is 0 Å². The lowest BCUT2D eigenvalue weighted by atomic mass is 9.94. The maximum absolute atomic E-state index is 12.2. The van der Waals surface area contributed by atoms with Crippen molar-refractivity contribution in [3.63, 3.8) is 0 Å². The molecule has 0 saturated carbocycles. The molecule has 0 radical (unpaired) electrons. The number of rotatable bonds is 7. The summed E-state index contributed by atoms with van der Waals surface area (Å²) in [6.45, 7) is 11.6. The fourth-order valence-corrected chi connectivity index (χ4v) is 2.48. The molecular formula is C16H33N3O. The normalized spacial score (nSPS) is 19.1. The molecular weight excluding hydrogens is 250 g/mol. The molecule has 0 bridgehead atoms. The van der Waals surface area contributed by atoms with E-state index in [1.807, 2.05) is 6.92 Å². The summed E-state index contributed by atoms with van der Waals surface area (Å²) >= 11 is 0. The average Bonchev–Trinajstić information content (AvgIpc) is 2.44. The van der Waals surface area contributed by atoms with E-state index in [4.69, 9.17) is 0 Å². The number of piperidine rings is 1. The molecule has 20 heavy (non-hydrogen) atoms. The van der Waals surface area contributed by atoms with Gasteiger partial charge in [0, 0.05) is 5.54 Å². The van der Waals surface area contributed by atoms with Crippen LogP contribution in [-0.2, 0) is 4.79 Å². The summed E-state index contributed by atoms with van der Waals surface area (Å²) in [4.78, 5) is 14.4. The van der Waals surface area contributed by atoms with E-state index in [1.54, 1.807) is 0 Å². The molecule has 2 N–H and O–H groups in total. The monoisotopic (exact) mass is 283 g/mol. The van der Waals surface area contributed by atoms with Crippen molar-refractivity contribution in [1.29, 1.82) is 0 Å². The van der Waals surface area contributed by atoms with Crippen molar-refractivity contribution in [3.05, 3.63) is 0 Å². The predicted octanol–water partition coefficient (Wildman–Crippen LogP) is 2.00. The van der Waals surface area contributed by atoms with Gasteiger partial charge in [0.15, 0.2) is 0 Å². The Labute approximate surface area is 124 Å². The third-order valence-corrected chi connectivity index (χ3v) is 4.73. The SMILES string of the molecule is CCC(C)(C)NC(=O)C(C)N(C)CCC1CCNCC1. The Hall–Kier alpha value is -0.610. The number of nitrogens with one attached hydrogen (secondary N) is 2. The topological polar surface area (TPSA) is 44.4 Å². The van der Waals surface area contributed by atoms with Crippen molar-refractivity contribution in [1.82, 2.24) is 15.5 Å². The summed E-state index contributed by atoms with van der Waals surface area (Å²) in [5.41, 5.74) is -0.110. The summed E-state index contributed by atoms with van der Waals surface area (Å²) in [6.07, 6.45) is 4.70. The van der Waals surface area contributed by atoms with Crippen molar-refractivity contribution in [2.45, 2.75) is 65.0 Å². The number of hydrogen-bond acceptors (Lipinski definition) is 3. The summed E-state index contributed by atoms with van der Waals surface area (Å²) in [6, 6.07) is -0.0532. The van der Waals surface area contributed by atoms with Gasteiger partial charge in [0.25, 0.3) is 0 Å². The van der Waals surface area contributed by atoms with Gasteiger partial charge in [-0.2, -0.15) is 0 Å². The minimum atomic E-state index is -0.110. The molecule has 1 fully saturated rings. The van der Waals surface area contributed by atoms with Gasteiger partial charge < -0.3 is 10.6 Å². The smallest absolute Gasteiger partial charge is 0.237 e. The largest absolute Gasteiger partial charge is 0.350 e. The summed E-state index contributed by atoms with van der Waals surface area (Å²) in [7, 11) is 2.06. The maximum atomic E-state index is 12.2. The molecule has 0 aromatic rings. The molecule has 4 heteroatoms. The van der Waals surface area contributed by atoms with Crippen LogP contribution in [0, 0.1) is 5.92 Å². The third kappa shape index (κ3) is 5.80. The van der Waals surface area contributed by atoms with Crippen LogP contribution in [0.1, 0.15) is 53.4 Å². The van der Waals surface area contributed by atoms with Gasteiger partial charge >= 0.3 is 0 Å². The number of nitrogens with zero attached hydrogens (tertiary/aromatic N) is 1. The van der Waals surface area contributed by atoms with E-state index in [2.05, 4.69) is 43.4 Å². The lowest BCUT2D eigenvalue weighted by Crippen LogP contribution is -2.51. The molecule has 118 valence electrons. The van der Waals surface area contributed by atoms with E-state index in [-0.39, 0.29) is 17.5 Å². The Balaban J connectivity index is 2.33. The number of amides is 1. The van der Waals surface area contributed by atoms with E-state index >= 15 is 0 Å². The van der Waals surface area contributed by atoms with Crippen LogP contribution in [0.2, 0.25) is 0 Å². The molecule has 1 amide bonds. The number of carbonyl (C=O) groups excluding carboxylic acids is 1. The van der Waals surface area contributed by atoms with E-state index in [0.29, 0.717) is 0 Å². The molecule has 1 aliphatic rings. The second-order valence-corrected chi connectivity index (χ2v) is 6.87. The van der Waals surface area contributed by atoms with Gasteiger partial charge in [0.05, 0.1) is 6.04 Å². The summed E-state index contributed by atoms with van der Waals surface area (Å²) in [5.74, 6) is 0.964. The zero-order chi connectivity index (χ0) is 15.2. The highest BCUT2D eigenvalue weighted by atomic mass is 16.2. The fourth-order valence-electron chi connectivity index (χ4n) is 2.48. The molecule has 1 rings (SSSR count). The molecule has 4 nitrogen and oxygen atoms in total. The first-order valence-corrected chi connectivity index (χ1v) is 8.08. The zero-order valence-electron chi connectivity index (χ0n) is 14.0. The van der Waals surface area contributed by atoms with Gasteiger partial charge in [-0.25, -0.2) is 0 Å². The molecule has 1 unspecified atom stereocenters.